The molecule has 1 aromatic carbocycles. The molecule has 0 saturated carbocycles. The number of rotatable bonds is 4. The lowest BCUT2D eigenvalue weighted by molar-refractivity contribution is -0.165. The van der Waals surface area contributed by atoms with Gasteiger partial charge in [0.25, 0.3) is 0 Å². The number of fused-ring (bicyclic) bond motifs is 1. The minimum Gasteiger partial charge on any atom is -0.465 e. The van der Waals surface area contributed by atoms with Crippen molar-refractivity contribution in [3.8, 4) is 0 Å². The Morgan fingerprint density at radius 2 is 1.71 bits per heavy atom. The summed E-state index contributed by atoms with van der Waals surface area (Å²) < 4.78 is 49.1. The summed E-state index contributed by atoms with van der Waals surface area (Å²) in [6.07, 6.45) is -4.60. The van der Waals surface area contributed by atoms with Gasteiger partial charge in [0.2, 0.25) is 5.41 Å². The maximum atomic E-state index is 13.1. The molecule has 1 N–H and O–H groups in total. The number of esters is 2. The predicted molar refractivity (Wildman–Crippen MR) is 79.5 cm³/mol. The first-order chi connectivity index (χ1) is 11.2. The second-order valence-electron chi connectivity index (χ2n) is 5.37. The lowest BCUT2D eigenvalue weighted by atomic mass is 9.76. The highest BCUT2D eigenvalue weighted by molar-refractivity contribution is 6.10. The van der Waals surface area contributed by atoms with Gasteiger partial charge in [-0.05, 0) is 39.0 Å². The van der Waals surface area contributed by atoms with E-state index in [2.05, 4.69) is 5.32 Å². The van der Waals surface area contributed by atoms with Crippen LogP contribution in [0, 0.1) is 0 Å². The SMILES string of the molecule is CCOC(=O)C1(C(=O)OCC)c2cc(C(F)(F)F)ccc2NC1C. The summed E-state index contributed by atoms with van der Waals surface area (Å²) in [7, 11) is 0. The van der Waals surface area contributed by atoms with Crippen molar-refractivity contribution >= 4 is 17.6 Å². The van der Waals surface area contributed by atoms with E-state index in [1.807, 2.05) is 0 Å². The molecule has 0 spiro atoms. The molecule has 0 aliphatic carbocycles. The van der Waals surface area contributed by atoms with E-state index in [-0.39, 0.29) is 24.5 Å². The van der Waals surface area contributed by atoms with E-state index in [0.29, 0.717) is 0 Å². The fourth-order valence-electron chi connectivity index (χ4n) is 2.89. The highest BCUT2D eigenvalue weighted by Gasteiger charge is 2.60. The Balaban J connectivity index is 2.68. The van der Waals surface area contributed by atoms with E-state index in [4.69, 9.17) is 9.47 Å². The van der Waals surface area contributed by atoms with E-state index in [0.717, 1.165) is 12.1 Å². The van der Waals surface area contributed by atoms with Crippen LogP contribution in [0.25, 0.3) is 0 Å². The van der Waals surface area contributed by atoms with Crippen molar-refractivity contribution in [2.24, 2.45) is 0 Å². The molecule has 0 saturated heterocycles. The normalized spacial score (nSPS) is 18.5. The first kappa shape index (κ1) is 18.1. The van der Waals surface area contributed by atoms with Crippen LogP contribution in [-0.2, 0) is 30.7 Å². The average Bonchev–Trinajstić information content (AvgIpc) is 2.78. The van der Waals surface area contributed by atoms with Crippen LogP contribution in [0.4, 0.5) is 18.9 Å². The summed E-state index contributed by atoms with van der Waals surface area (Å²) in [6, 6.07) is 2.09. The van der Waals surface area contributed by atoms with Crippen molar-refractivity contribution in [1.82, 2.24) is 0 Å². The zero-order valence-electron chi connectivity index (χ0n) is 13.5. The van der Waals surface area contributed by atoms with E-state index in [1.54, 1.807) is 13.8 Å². The second kappa shape index (κ2) is 6.33. The minimum absolute atomic E-state index is 0.0129. The molecule has 0 fully saturated rings. The van der Waals surface area contributed by atoms with Crippen LogP contribution in [0.5, 0.6) is 0 Å². The number of benzene rings is 1. The summed E-state index contributed by atoms with van der Waals surface area (Å²) in [5.74, 6) is -1.86. The Kier molecular flexibility index (Phi) is 4.77. The molecule has 0 aromatic heterocycles. The Morgan fingerprint density at radius 3 is 2.17 bits per heavy atom. The number of halogens is 3. The third-order valence-electron chi connectivity index (χ3n) is 3.99. The number of ether oxygens (including phenoxy) is 2. The molecular formula is C16H18F3NO4. The van der Waals surface area contributed by atoms with Crippen molar-refractivity contribution < 1.29 is 32.2 Å². The predicted octanol–water partition coefficient (Wildman–Crippen LogP) is 2.88. The zero-order valence-corrected chi connectivity index (χ0v) is 13.5. The standard InChI is InChI=1S/C16H18F3NO4/c1-4-23-13(21)15(14(22)24-5-2)9(3)20-12-7-6-10(8-11(12)15)16(17,18)19/h6-9,20H,4-5H2,1-3H3. The number of hydrogen-bond donors (Lipinski definition) is 1. The highest BCUT2D eigenvalue weighted by Crippen LogP contribution is 2.45. The van der Waals surface area contributed by atoms with Gasteiger partial charge in [-0.2, -0.15) is 13.2 Å². The monoisotopic (exact) mass is 345 g/mol. The lowest BCUT2D eigenvalue weighted by Gasteiger charge is -2.29. The van der Waals surface area contributed by atoms with Gasteiger partial charge in [0, 0.05) is 11.3 Å². The third kappa shape index (κ3) is 2.70. The van der Waals surface area contributed by atoms with Crippen molar-refractivity contribution in [2.45, 2.75) is 38.4 Å². The average molecular weight is 345 g/mol. The molecule has 0 radical (unpaired) electrons. The van der Waals surface area contributed by atoms with Crippen LogP contribution in [0.15, 0.2) is 18.2 Å². The Bertz CT molecular complexity index is 639. The molecule has 1 aliphatic heterocycles. The van der Waals surface area contributed by atoms with Gasteiger partial charge in [-0.1, -0.05) is 0 Å². The number of carbonyl (C=O) groups is 2. The summed E-state index contributed by atoms with van der Waals surface area (Å²) in [5, 5.41) is 2.88. The number of hydrogen-bond acceptors (Lipinski definition) is 5. The van der Waals surface area contributed by atoms with E-state index >= 15 is 0 Å². The van der Waals surface area contributed by atoms with Gasteiger partial charge in [-0.25, -0.2) is 0 Å². The van der Waals surface area contributed by atoms with Gasteiger partial charge in [-0.15, -0.1) is 0 Å². The zero-order chi connectivity index (χ0) is 18.1. The van der Waals surface area contributed by atoms with Gasteiger partial charge < -0.3 is 14.8 Å². The van der Waals surface area contributed by atoms with Crippen molar-refractivity contribution in [1.29, 1.82) is 0 Å². The second-order valence-corrected chi connectivity index (χ2v) is 5.37. The van der Waals surface area contributed by atoms with E-state index in [1.165, 1.54) is 13.0 Å². The first-order valence-electron chi connectivity index (χ1n) is 7.52. The van der Waals surface area contributed by atoms with Gasteiger partial charge >= 0.3 is 18.1 Å². The van der Waals surface area contributed by atoms with Gasteiger partial charge in [0.05, 0.1) is 24.8 Å². The summed E-state index contributed by atoms with van der Waals surface area (Å²) in [4.78, 5) is 25.1. The van der Waals surface area contributed by atoms with Crippen LogP contribution < -0.4 is 5.32 Å². The van der Waals surface area contributed by atoms with Gasteiger partial charge in [0.1, 0.15) is 0 Å². The fourth-order valence-corrected chi connectivity index (χ4v) is 2.89. The maximum absolute atomic E-state index is 13.1. The van der Waals surface area contributed by atoms with Crippen LogP contribution in [0.2, 0.25) is 0 Å². The van der Waals surface area contributed by atoms with Gasteiger partial charge in [-0.3, -0.25) is 9.59 Å². The molecular weight excluding hydrogens is 327 g/mol. The summed E-state index contributed by atoms with van der Waals surface area (Å²) in [5.41, 5.74) is -2.73. The first-order valence-corrected chi connectivity index (χ1v) is 7.52. The Labute approximate surface area is 137 Å². The van der Waals surface area contributed by atoms with Crippen LogP contribution in [-0.4, -0.2) is 31.2 Å². The minimum atomic E-state index is -4.60. The molecule has 132 valence electrons. The molecule has 1 unspecified atom stereocenters. The van der Waals surface area contributed by atoms with E-state index in [9.17, 15) is 22.8 Å². The molecule has 0 bridgehead atoms. The molecule has 24 heavy (non-hydrogen) atoms. The third-order valence-corrected chi connectivity index (χ3v) is 3.99. The van der Waals surface area contributed by atoms with Crippen molar-refractivity contribution in [2.75, 3.05) is 18.5 Å². The number of alkyl halides is 3. The molecule has 0 amide bonds. The molecule has 5 nitrogen and oxygen atoms in total. The highest BCUT2D eigenvalue weighted by atomic mass is 19.4. The van der Waals surface area contributed by atoms with Crippen LogP contribution in [0.3, 0.4) is 0 Å². The molecule has 1 atom stereocenters. The summed E-state index contributed by atoms with van der Waals surface area (Å²) in [6.45, 7) is 4.61. The molecule has 1 aromatic rings. The quantitative estimate of drug-likeness (QED) is 0.671. The molecule has 8 heteroatoms. The molecule has 1 heterocycles. The number of anilines is 1. The topological polar surface area (TPSA) is 64.6 Å². The van der Waals surface area contributed by atoms with Gasteiger partial charge in [0.15, 0.2) is 0 Å². The summed E-state index contributed by atoms with van der Waals surface area (Å²) >= 11 is 0. The maximum Gasteiger partial charge on any atom is 0.416 e. The van der Waals surface area contributed by atoms with E-state index < -0.39 is 35.1 Å². The lowest BCUT2D eigenvalue weighted by Crippen LogP contribution is -2.52. The van der Waals surface area contributed by atoms with Crippen molar-refractivity contribution in [3.05, 3.63) is 29.3 Å². The molecule has 2 rings (SSSR count). The molecule has 1 aliphatic rings. The van der Waals surface area contributed by atoms with Crippen LogP contribution in [0.1, 0.15) is 31.9 Å². The smallest absolute Gasteiger partial charge is 0.416 e. The largest absolute Gasteiger partial charge is 0.465 e. The Morgan fingerprint density at radius 1 is 1.17 bits per heavy atom. The van der Waals surface area contributed by atoms with Crippen molar-refractivity contribution in [3.63, 3.8) is 0 Å². The fraction of sp³-hybridized carbons (Fsp3) is 0.500. The number of carbonyl (C=O) groups excluding carboxylic acids is 2. The van der Waals surface area contributed by atoms with Crippen LogP contribution >= 0.6 is 0 Å². The number of nitrogens with one attached hydrogen (secondary N) is 1. The Hall–Kier alpha value is -2.25.